The number of aromatic hydroxyl groups is 1. The molecule has 0 aliphatic carbocycles. The second kappa shape index (κ2) is 3.36. The molecule has 0 heterocycles. The summed E-state index contributed by atoms with van der Waals surface area (Å²) in [5, 5.41) is 9.03. The fourth-order valence-corrected chi connectivity index (χ4v) is 1.48. The smallest absolute Gasteiger partial charge is 0.420 e. The van der Waals surface area contributed by atoms with Crippen LogP contribution in [0.15, 0.2) is 12.1 Å². The molecule has 0 fully saturated rings. The Labute approximate surface area is 86.7 Å². The van der Waals surface area contributed by atoms with Gasteiger partial charge in [-0.05, 0) is 47.2 Å². The molecule has 0 amide bonds. The van der Waals surface area contributed by atoms with Gasteiger partial charge in [-0.1, -0.05) is 0 Å². The lowest BCUT2D eigenvalue weighted by atomic mass is 10.1. The van der Waals surface area contributed by atoms with Gasteiger partial charge in [0.1, 0.15) is 11.3 Å². The Morgan fingerprint density at radius 1 is 1.31 bits per heavy atom. The maximum Gasteiger partial charge on any atom is 0.420 e. The van der Waals surface area contributed by atoms with Crippen LogP contribution in [-0.4, -0.2) is 5.11 Å². The standard InChI is InChI=1S/C8H6F3IO/c1-4-5(12)2-3-6(13)7(4)8(9,10)11/h2-3,13H,1H3. The maximum atomic E-state index is 12.3. The minimum atomic E-state index is -4.49. The van der Waals surface area contributed by atoms with E-state index in [4.69, 9.17) is 5.11 Å². The van der Waals surface area contributed by atoms with Crippen LogP contribution in [-0.2, 0) is 6.18 Å². The number of alkyl halides is 3. The van der Waals surface area contributed by atoms with Crippen LogP contribution < -0.4 is 0 Å². The summed E-state index contributed by atoms with van der Waals surface area (Å²) in [7, 11) is 0. The van der Waals surface area contributed by atoms with Gasteiger partial charge < -0.3 is 5.11 Å². The molecular formula is C8H6F3IO. The first-order valence-electron chi connectivity index (χ1n) is 3.39. The molecule has 1 N–H and O–H groups in total. The summed E-state index contributed by atoms with van der Waals surface area (Å²) in [4.78, 5) is 0. The Morgan fingerprint density at radius 2 is 1.85 bits per heavy atom. The van der Waals surface area contributed by atoms with Crippen molar-refractivity contribution < 1.29 is 18.3 Å². The molecule has 0 aliphatic heterocycles. The number of phenols is 1. The highest BCUT2D eigenvalue weighted by atomic mass is 127. The van der Waals surface area contributed by atoms with Gasteiger partial charge in [-0.25, -0.2) is 0 Å². The lowest BCUT2D eigenvalue weighted by Crippen LogP contribution is -2.08. The summed E-state index contributed by atoms with van der Waals surface area (Å²) < 4.78 is 37.5. The van der Waals surface area contributed by atoms with Crippen molar-refractivity contribution in [2.24, 2.45) is 0 Å². The van der Waals surface area contributed by atoms with E-state index in [1.807, 2.05) is 0 Å². The van der Waals surface area contributed by atoms with Gasteiger partial charge >= 0.3 is 6.18 Å². The highest BCUT2D eigenvalue weighted by molar-refractivity contribution is 14.1. The van der Waals surface area contributed by atoms with Crippen molar-refractivity contribution >= 4 is 22.6 Å². The van der Waals surface area contributed by atoms with E-state index in [-0.39, 0.29) is 5.56 Å². The molecule has 1 aromatic rings. The molecule has 72 valence electrons. The van der Waals surface area contributed by atoms with Crippen LogP contribution in [0.1, 0.15) is 11.1 Å². The van der Waals surface area contributed by atoms with E-state index < -0.39 is 17.5 Å². The topological polar surface area (TPSA) is 20.2 Å². The summed E-state index contributed by atoms with van der Waals surface area (Å²) in [5.41, 5.74) is -0.882. The molecule has 13 heavy (non-hydrogen) atoms. The monoisotopic (exact) mass is 302 g/mol. The molecule has 0 bridgehead atoms. The van der Waals surface area contributed by atoms with Crippen molar-refractivity contribution in [3.8, 4) is 5.75 Å². The van der Waals surface area contributed by atoms with E-state index in [0.717, 1.165) is 6.07 Å². The molecule has 0 radical (unpaired) electrons. The number of benzene rings is 1. The lowest BCUT2D eigenvalue weighted by Gasteiger charge is -2.12. The molecule has 1 nitrogen and oxygen atoms in total. The van der Waals surface area contributed by atoms with Gasteiger partial charge in [0.2, 0.25) is 0 Å². The summed E-state index contributed by atoms with van der Waals surface area (Å²) >= 11 is 1.80. The quantitative estimate of drug-likeness (QED) is 0.729. The molecule has 1 aromatic carbocycles. The third-order valence-corrected chi connectivity index (χ3v) is 2.83. The number of hydrogen-bond acceptors (Lipinski definition) is 1. The molecule has 0 saturated carbocycles. The van der Waals surface area contributed by atoms with Crippen LogP contribution in [0, 0.1) is 10.5 Å². The molecule has 0 saturated heterocycles. The fourth-order valence-electron chi connectivity index (χ4n) is 1.03. The van der Waals surface area contributed by atoms with Crippen molar-refractivity contribution in [3.63, 3.8) is 0 Å². The van der Waals surface area contributed by atoms with Crippen molar-refractivity contribution in [2.75, 3.05) is 0 Å². The third-order valence-electron chi connectivity index (χ3n) is 1.66. The van der Waals surface area contributed by atoms with Gasteiger partial charge in [0, 0.05) is 3.57 Å². The predicted octanol–water partition coefficient (Wildman–Crippen LogP) is 3.32. The minimum absolute atomic E-state index is 0.0631. The fraction of sp³-hybridized carbons (Fsp3) is 0.250. The zero-order valence-electron chi connectivity index (χ0n) is 6.61. The van der Waals surface area contributed by atoms with Crippen LogP contribution in [0.25, 0.3) is 0 Å². The van der Waals surface area contributed by atoms with E-state index in [2.05, 4.69) is 0 Å². The summed E-state index contributed by atoms with van der Waals surface area (Å²) in [6.07, 6.45) is -4.49. The molecule has 0 atom stereocenters. The summed E-state index contributed by atoms with van der Waals surface area (Å²) in [6, 6.07) is 2.50. The molecule has 0 aromatic heterocycles. The Bertz CT molecular complexity index is 333. The largest absolute Gasteiger partial charge is 0.507 e. The van der Waals surface area contributed by atoms with Gasteiger partial charge in [0.15, 0.2) is 0 Å². The zero-order valence-corrected chi connectivity index (χ0v) is 8.77. The van der Waals surface area contributed by atoms with Crippen molar-refractivity contribution in [3.05, 3.63) is 26.8 Å². The number of hydrogen-bond donors (Lipinski definition) is 1. The van der Waals surface area contributed by atoms with Crippen LogP contribution in [0.2, 0.25) is 0 Å². The second-order valence-electron chi connectivity index (χ2n) is 2.56. The Balaban J connectivity index is 3.43. The molecule has 0 aliphatic rings. The number of halogens is 4. The van der Waals surface area contributed by atoms with Crippen molar-refractivity contribution in [2.45, 2.75) is 13.1 Å². The highest BCUT2D eigenvalue weighted by Gasteiger charge is 2.36. The van der Waals surface area contributed by atoms with Crippen LogP contribution >= 0.6 is 22.6 Å². The first kappa shape index (κ1) is 10.6. The highest BCUT2D eigenvalue weighted by Crippen LogP contribution is 2.39. The van der Waals surface area contributed by atoms with Gasteiger partial charge in [0.25, 0.3) is 0 Å². The van der Waals surface area contributed by atoms with Crippen LogP contribution in [0.5, 0.6) is 5.75 Å². The Hall–Kier alpha value is -0.460. The van der Waals surface area contributed by atoms with E-state index in [9.17, 15) is 13.2 Å². The Kier molecular flexibility index (Phi) is 2.74. The lowest BCUT2D eigenvalue weighted by molar-refractivity contribution is -0.139. The minimum Gasteiger partial charge on any atom is -0.507 e. The number of rotatable bonds is 0. The van der Waals surface area contributed by atoms with Crippen LogP contribution in [0.3, 0.4) is 0 Å². The van der Waals surface area contributed by atoms with Crippen molar-refractivity contribution in [1.29, 1.82) is 0 Å². The predicted molar refractivity (Wildman–Crippen MR) is 50.6 cm³/mol. The Morgan fingerprint density at radius 3 is 2.23 bits per heavy atom. The molecular weight excluding hydrogens is 296 g/mol. The van der Waals surface area contributed by atoms with Crippen LogP contribution in [0.4, 0.5) is 13.2 Å². The van der Waals surface area contributed by atoms with Gasteiger partial charge in [-0.3, -0.25) is 0 Å². The first-order valence-corrected chi connectivity index (χ1v) is 4.47. The van der Waals surface area contributed by atoms with E-state index in [0.29, 0.717) is 3.57 Å². The average molecular weight is 302 g/mol. The average Bonchev–Trinajstić information content (AvgIpc) is 1.95. The molecule has 0 unspecified atom stereocenters. The SMILES string of the molecule is Cc1c(I)ccc(O)c1C(F)(F)F. The maximum absolute atomic E-state index is 12.3. The van der Waals surface area contributed by atoms with Crippen molar-refractivity contribution in [1.82, 2.24) is 0 Å². The second-order valence-corrected chi connectivity index (χ2v) is 3.73. The number of phenolic OH excluding ortho intramolecular Hbond substituents is 1. The first-order chi connectivity index (χ1) is 5.84. The van der Waals surface area contributed by atoms with E-state index in [1.165, 1.54) is 13.0 Å². The third kappa shape index (κ3) is 2.07. The molecule has 1 rings (SSSR count). The van der Waals surface area contributed by atoms with E-state index in [1.54, 1.807) is 22.6 Å². The zero-order chi connectivity index (χ0) is 10.2. The normalized spacial score (nSPS) is 11.8. The summed E-state index contributed by atoms with van der Waals surface area (Å²) in [6.45, 7) is 1.34. The van der Waals surface area contributed by atoms with Gasteiger partial charge in [0.05, 0.1) is 0 Å². The van der Waals surface area contributed by atoms with E-state index >= 15 is 0 Å². The molecule has 5 heteroatoms. The van der Waals surface area contributed by atoms with Gasteiger partial charge in [-0.15, -0.1) is 0 Å². The summed E-state index contributed by atoms with van der Waals surface area (Å²) in [5.74, 6) is -0.717. The van der Waals surface area contributed by atoms with Gasteiger partial charge in [-0.2, -0.15) is 13.2 Å². The molecule has 0 spiro atoms.